The van der Waals surface area contributed by atoms with Gasteiger partial charge in [-0.25, -0.2) is 8.78 Å². The normalized spacial score (nSPS) is 14.4. The van der Waals surface area contributed by atoms with Crippen LogP contribution in [0.2, 0.25) is 0 Å². The van der Waals surface area contributed by atoms with Crippen molar-refractivity contribution in [2.24, 2.45) is 0 Å². The fourth-order valence-corrected chi connectivity index (χ4v) is 2.24. The first-order chi connectivity index (χ1) is 9.97. The monoisotopic (exact) mass is 301 g/mol. The molecular weight excluding hydrogens is 276 g/mol. The van der Waals surface area contributed by atoms with Crippen molar-refractivity contribution >= 4 is 0 Å². The van der Waals surface area contributed by atoms with Crippen molar-refractivity contribution in [3.8, 4) is 0 Å². The topological polar surface area (TPSA) is 32.7 Å². The number of benzene rings is 1. The van der Waals surface area contributed by atoms with E-state index in [1.54, 1.807) is 7.11 Å². The summed E-state index contributed by atoms with van der Waals surface area (Å²) >= 11 is 0. The lowest BCUT2D eigenvalue weighted by Gasteiger charge is -2.29. The molecule has 0 amide bonds. The van der Waals surface area contributed by atoms with Gasteiger partial charge in [-0.3, -0.25) is 4.90 Å². The van der Waals surface area contributed by atoms with Gasteiger partial charge in [0.1, 0.15) is 11.6 Å². The average Bonchev–Trinajstić information content (AvgIpc) is 2.45. The number of nitrogens with zero attached hydrogens (tertiary/aromatic N) is 1. The minimum Gasteiger partial charge on any atom is -0.388 e. The first kappa shape index (κ1) is 18.0. The van der Waals surface area contributed by atoms with E-state index in [0.717, 1.165) is 19.0 Å². The molecule has 2 unspecified atom stereocenters. The fraction of sp³-hybridized carbons (Fsp3) is 0.625. The summed E-state index contributed by atoms with van der Waals surface area (Å²) in [7, 11) is 1.65. The number of hydrogen-bond acceptors (Lipinski definition) is 3. The molecule has 0 radical (unpaired) electrons. The van der Waals surface area contributed by atoms with Gasteiger partial charge in [0.15, 0.2) is 0 Å². The Morgan fingerprint density at radius 3 is 2.33 bits per heavy atom. The summed E-state index contributed by atoms with van der Waals surface area (Å²) in [4.78, 5) is 2.21. The molecule has 0 aliphatic heterocycles. The second-order valence-corrected chi connectivity index (χ2v) is 5.29. The predicted molar refractivity (Wildman–Crippen MR) is 79.1 cm³/mol. The Morgan fingerprint density at radius 2 is 1.81 bits per heavy atom. The Bertz CT molecular complexity index is 408. The predicted octanol–water partition coefficient (Wildman–Crippen LogP) is 3.14. The minimum atomic E-state index is -0.871. The standard InChI is InChI=1S/C16H25F2NO2/c1-4-12(2)19(7-8-21-3)6-5-16(20)13-9-14(17)11-15(18)10-13/h9-12,16,20H,4-8H2,1-3H3. The lowest BCUT2D eigenvalue weighted by molar-refractivity contribution is 0.0964. The van der Waals surface area contributed by atoms with Gasteiger partial charge in [0.2, 0.25) is 0 Å². The first-order valence-corrected chi connectivity index (χ1v) is 7.35. The van der Waals surface area contributed by atoms with E-state index in [1.807, 2.05) is 0 Å². The third kappa shape index (κ3) is 6.08. The van der Waals surface area contributed by atoms with Crippen LogP contribution in [0.4, 0.5) is 8.78 Å². The molecule has 0 aliphatic rings. The maximum Gasteiger partial charge on any atom is 0.126 e. The van der Waals surface area contributed by atoms with E-state index < -0.39 is 17.7 Å². The molecule has 0 heterocycles. The van der Waals surface area contributed by atoms with Crippen molar-refractivity contribution in [3.05, 3.63) is 35.4 Å². The van der Waals surface area contributed by atoms with Gasteiger partial charge < -0.3 is 9.84 Å². The van der Waals surface area contributed by atoms with Crippen molar-refractivity contribution in [1.82, 2.24) is 4.90 Å². The molecule has 3 nitrogen and oxygen atoms in total. The van der Waals surface area contributed by atoms with E-state index in [2.05, 4.69) is 18.7 Å². The SMILES string of the molecule is CCC(C)N(CCOC)CCC(O)c1cc(F)cc(F)c1. The molecule has 2 atom stereocenters. The lowest BCUT2D eigenvalue weighted by atomic mass is 10.1. The molecule has 0 aromatic heterocycles. The summed E-state index contributed by atoms with van der Waals surface area (Å²) < 4.78 is 31.4. The van der Waals surface area contributed by atoms with Crippen LogP contribution in [0.1, 0.15) is 38.4 Å². The van der Waals surface area contributed by atoms with Crippen molar-refractivity contribution in [2.45, 2.75) is 38.8 Å². The molecule has 1 aromatic carbocycles. The second kappa shape index (κ2) is 9.07. The number of halogens is 2. The molecule has 5 heteroatoms. The molecule has 21 heavy (non-hydrogen) atoms. The first-order valence-electron chi connectivity index (χ1n) is 7.35. The van der Waals surface area contributed by atoms with E-state index in [9.17, 15) is 13.9 Å². The van der Waals surface area contributed by atoms with Gasteiger partial charge in [-0.2, -0.15) is 0 Å². The van der Waals surface area contributed by atoms with E-state index >= 15 is 0 Å². The molecule has 0 bridgehead atoms. The van der Waals surface area contributed by atoms with Gasteiger partial charge in [0.05, 0.1) is 12.7 Å². The van der Waals surface area contributed by atoms with E-state index in [-0.39, 0.29) is 5.56 Å². The summed E-state index contributed by atoms with van der Waals surface area (Å²) in [6.07, 6.45) is 0.551. The highest BCUT2D eigenvalue weighted by Crippen LogP contribution is 2.20. The smallest absolute Gasteiger partial charge is 0.126 e. The Kier molecular flexibility index (Phi) is 7.78. The molecule has 0 aliphatic carbocycles. The van der Waals surface area contributed by atoms with E-state index in [0.29, 0.717) is 25.6 Å². The molecular formula is C16H25F2NO2. The summed E-state index contributed by atoms with van der Waals surface area (Å²) in [6.45, 7) is 6.26. The van der Waals surface area contributed by atoms with Crippen molar-refractivity contribution < 1.29 is 18.6 Å². The van der Waals surface area contributed by atoms with Crippen LogP contribution in [0, 0.1) is 11.6 Å². The third-order valence-corrected chi connectivity index (χ3v) is 3.76. The highest BCUT2D eigenvalue weighted by molar-refractivity contribution is 5.20. The van der Waals surface area contributed by atoms with Crippen LogP contribution in [0.3, 0.4) is 0 Å². The number of hydrogen-bond donors (Lipinski definition) is 1. The van der Waals surface area contributed by atoms with Crippen LogP contribution in [0.5, 0.6) is 0 Å². The van der Waals surface area contributed by atoms with Crippen LogP contribution in [-0.2, 0) is 4.74 Å². The zero-order valence-electron chi connectivity index (χ0n) is 13.0. The molecule has 0 saturated heterocycles. The number of aliphatic hydroxyl groups excluding tert-OH is 1. The Hall–Kier alpha value is -1.04. The van der Waals surface area contributed by atoms with Crippen LogP contribution in [-0.4, -0.2) is 42.9 Å². The van der Waals surface area contributed by atoms with Crippen LogP contribution >= 0.6 is 0 Å². The zero-order chi connectivity index (χ0) is 15.8. The lowest BCUT2D eigenvalue weighted by Crippen LogP contribution is -2.36. The van der Waals surface area contributed by atoms with Crippen molar-refractivity contribution in [2.75, 3.05) is 26.8 Å². The van der Waals surface area contributed by atoms with Gasteiger partial charge in [0.25, 0.3) is 0 Å². The second-order valence-electron chi connectivity index (χ2n) is 5.29. The Labute approximate surface area is 125 Å². The summed E-state index contributed by atoms with van der Waals surface area (Å²) in [6, 6.07) is 3.53. The largest absolute Gasteiger partial charge is 0.388 e. The van der Waals surface area contributed by atoms with Crippen molar-refractivity contribution in [3.63, 3.8) is 0 Å². The minimum absolute atomic E-state index is 0.281. The molecule has 0 saturated carbocycles. The molecule has 0 spiro atoms. The quantitative estimate of drug-likeness (QED) is 0.760. The van der Waals surface area contributed by atoms with Gasteiger partial charge in [0, 0.05) is 32.3 Å². The third-order valence-electron chi connectivity index (χ3n) is 3.76. The van der Waals surface area contributed by atoms with Gasteiger partial charge in [-0.15, -0.1) is 0 Å². The zero-order valence-corrected chi connectivity index (χ0v) is 13.0. The molecule has 1 N–H and O–H groups in total. The highest BCUT2D eigenvalue weighted by Gasteiger charge is 2.16. The number of ether oxygens (including phenoxy) is 1. The Balaban J connectivity index is 2.61. The number of aliphatic hydroxyl groups is 1. The van der Waals surface area contributed by atoms with Crippen molar-refractivity contribution in [1.29, 1.82) is 0 Å². The maximum atomic E-state index is 13.2. The fourth-order valence-electron chi connectivity index (χ4n) is 2.24. The molecule has 0 fully saturated rings. The molecule has 120 valence electrons. The van der Waals surface area contributed by atoms with E-state index in [1.165, 1.54) is 12.1 Å². The average molecular weight is 301 g/mol. The van der Waals surface area contributed by atoms with E-state index in [4.69, 9.17) is 4.74 Å². The molecule has 1 aromatic rings. The van der Waals surface area contributed by atoms with Gasteiger partial charge >= 0.3 is 0 Å². The number of rotatable bonds is 9. The number of methoxy groups -OCH3 is 1. The van der Waals surface area contributed by atoms with Gasteiger partial charge in [-0.05, 0) is 37.5 Å². The highest BCUT2D eigenvalue weighted by atomic mass is 19.1. The summed E-state index contributed by atoms with van der Waals surface area (Å²) in [5, 5.41) is 10.1. The Morgan fingerprint density at radius 1 is 1.19 bits per heavy atom. The van der Waals surface area contributed by atoms with Gasteiger partial charge in [-0.1, -0.05) is 6.92 Å². The van der Waals surface area contributed by atoms with Crippen LogP contribution in [0.15, 0.2) is 18.2 Å². The maximum absolute atomic E-state index is 13.2. The molecule has 1 rings (SSSR count). The summed E-state index contributed by atoms with van der Waals surface area (Å²) in [5.41, 5.74) is 0.281. The summed E-state index contributed by atoms with van der Waals surface area (Å²) in [5.74, 6) is -1.33. The van der Waals surface area contributed by atoms with Crippen LogP contribution in [0.25, 0.3) is 0 Å². The van der Waals surface area contributed by atoms with Crippen LogP contribution < -0.4 is 0 Å².